The van der Waals surface area contributed by atoms with Gasteiger partial charge in [0.25, 0.3) is 0 Å². The number of hydrogen-bond donors (Lipinski definition) is 7. The molecule has 0 bridgehead atoms. The highest BCUT2D eigenvalue weighted by Gasteiger charge is 2.19. The fraction of sp³-hybridized carbons (Fsp3) is 0.462. The van der Waals surface area contributed by atoms with Crippen LogP contribution in [0.3, 0.4) is 0 Å². The van der Waals surface area contributed by atoms with Crippen LogP contribution in [-0.2, 0) is 6.42 Å². The molecule has 6 aromatic rings. The summed E-state index contributed by atoms with van der Waals surface area (Å²) < 4.78 is 31.0. The fourth-order valence-corrected chi connectivity index (χ4v) is 7.23. The first kappa shape index (κ1) is 87.8. The van der Waals surface area contributed by atoms with Gasteiger partial charge in [0.05, 0.1) is 11.1 Å². The molecule has 0 heterocycles. The number of hydrogen-bond acceptors (Lipinski definition) is 12. The van der Waals surface area contributed by atoms with Crippen LogP contribution in [0, 0.1) is 52.1 Å². The lowest BCUT2D eigenvalue weighted by Crippen LogP contribution is -2.32. The predicted molar refractivity (Wildman–Crippen MR) is 406 cm³/mol. The summed E-state index contributed by atoms with van der Waals surface area (Å²) in [6, 6.07) is 37.1. The molecular weight excluding hydrogens is 1380 g/mol. The maximum atomic E-state index is 9.47. The lowest BCUT2D eigenvalue weighted by Gasteiger charge is -2.23. The van der Waals surface area contributed by atoms with Crippen molar-refractivity contribution in [2.75, 3.05) is 0 Å². The second-order valence-electron chi connectivity index (χ2n) is 29.2. The van der Waals surface area contributed by atoms with E-state index in [-0.39, 0.29) is 56.5 Å². The topological polar surface area (TPSA) is 205 Å². The van der Waals surface area contributed by atoms with Gasteiger partial charge >= 0.3 is 0 Å². The molecule has 0 radical (unpaired) electrons. The van der Waals surface area contributed by atoms with Crippen LogP contribution in [-0.4, -0.2) is 65.0 Å². The van der Waals surface area contributed by atoms with Gasteiger partial charge in [0.1, 0.15) is 45.3 Å². The molecule has 6 rings (SSSR count). The number of benzene rings is 6. The van der Waals surface area contributed by atoms with Gasteiger partial charge in [0, 0.05) is 18.2 Å². The molecule has 92 heavy (non-hydrogen) atoms. The maximum Gasteiger partial charge on any atom is 0.162 e. The van der Waals surface area contributed by atoms with E-state index in [2.05, 4.69) is 175 Å². The van der Waals surface area contributed by atoms with Crippen LogP contribution < -0.4 is 40.9 Å². The van der Waals surface area contributed by atoms with Gasteiger partial charge in [0.15, 0.2) is 34.5 Å². The number of aromatic hydroxyl groups is 4. The first-order chi connectivity index (χ1) is 41.5. The molecule has 0 aliphatic rings. The Morgan fingerprint density at radius 1 is 0.435 bits per heavy atom. The van der Waals surface area contributed by atoms with Gasteiger partial charge in [-0.15, -0.1) is 13.0 Å². The fourth-order valence-electron chi connectivity index (χ4n) is 6.31. The minimum absolute atomic E-state index is 0.0764. The zero-order valence-electron chi connectivity index (χ0n) is 60.6. The molecule has 10 N–H and O–H groups in total. The second-order valence-corrected chi connectivity index (χ2v) is 31.7. The molecule has 0 amide bonds. The summed E-state index contributed by atoms with van der Waals surface area (Å²) >= 11 is 4.48. The number of terminal acetylenes is 1. The number of aryl methyl sites for hydroxylation is 4. The minimum atomic E-state index is -0.476. The number of para-hydroxylation sites is 4. The lowest BCUT2D eigenvalue weighted by atomic mass is 9.96. The summed E-state index contributed by atoms with van der Waals surface area (Å²) in [4.78, 5) is 0. The summed E-state index contributed by atoms with van der Waals surface area (Å²) in [5, 5.41) is 36.2. The summed E-state index contributed by atoms with van der Waals surface area (Å²) in [6.45, 7) is 55.3. The van der Waals surface area contributed by atoms with Gasteiger partial charge in [-0.1, -0.05) is 71.9 Å². The van der Waals surface area contributed by atoms with Crippen molar-refractivity contribution in [1.82, 2.24) is 0 Å². The molecule has 510 valence electrons. The van der Waals surface area contributed by atoms with Gasteiger partial charge < -0.3 is 61.3 Å². The third-order valence-corrected chi connectivity index (χ3v) is 11.6. The molecule has 12 nitrogen and oxygen atoms in total. The smallest absolute Gasteiger partial charge is 0.162 e. The van der Waals surface area contributed by atoms with Crippen molar-refractivity contribution in [2.24, 2.45) is 17.2 Å². The zero-order chi connectivity index (χ0) is 72.0. The van der Waals surface area contributed by atoms with Gasteiger partial charge in [-0.2, -0.15) is 0 Å². The van der Waals surface area contributed by atoms with Crippen LogP contribution in [0.1, 0.15) is 193 Å². The molecule has 0 aliphatic carbocycles. The number of phenolic OH excluding ortho intramolecular Hbond substituents is 4. The summed E-state index contributed by atoms with van der Waals surface area (Å²) in [7, 11) is 0. The zero-order valence-corrected chi connectivity index (χ0v) is 64.9. The van der Waals surface area contributed by atoms with Crippen molar-refractivity contribution in [3.05, 3.63) is 168 Å². The van der Waals surface area contributed by atoms with Crippen molar-refractivity contribution in [3.63, 3.8) is 0 Å². The van der Waals surface area contributed by atoms with E-state index in [1.165, 1.54) is 38.0 Å². The Kier molecular flexibility index (Phi) is 37.6. The summed E-state index contributed by atoms with van der Waals surface area (Å²) in [5.74, 6) is 12.6. The maximum absolute atomic E-state index is 9.47. The van der Waals surface area contributed by atoms with Crippen LogP contribution in [0.2, 0.25) is 0 Å². The van der Waals surface area contributed by atoms with Crippen molar-refractivity contribution in [3.8, 4) is 75.9 Å². The van der Waals surface area contributed by atoms with Gasteiger partial charge in [-0.25, -0.2) is 0 Å². The monoisotopic (exact) mass is 1490 g/mol. The third kappa shape index (κ3) is 49.4. The number of ether oxygens (including phenoxy) is 5. The van der Waals surface area contributed by atoms with E-state index in [4.69, 9.17) is 57.5 Å². The predicted octanol–water partition coefficient (Wildman–Crippen LogP) is 19.7. The standard InChI is InChI=1S/C16H27NO.C16H23NO.C11H15IO.C10H13IO2.C10H14O2.C6H6O2.C5H9N.C4H8/c2*1-12-7-8-13(9-10-16(5,6)17)11-14(12)18-15(2,3)4;1-8-5-6-9(12)7-10(8)13-11(2,3)4;1-10(2,3)13-9-6-7(11)4-5-8(9)12;1-10(2,3)12-9-7-5-4-6-8(9)11;7-5-3-1-2-4-6(5)8;1-4-5(2,3)6;1-4(2)3/h7-8,11H,9-10,17H2,1-6H3;7-8,11H,17H2,1-6H3;5-7H,1-4H3;4-6,12H,1-3H3;4-7,11H,1-3H3;1-4,7-8H;1H,6H2,2-3H3;1H2,2-3H3. The number of phenols is 4. The average Bonchev–Trinajstić information content (AvgIpc) is 0.927. The van der Waals surface area contributed by atoms with E-state index in [1.54, 1.807) is 50.2 Å². The molecule has 0 atom stereocenters. The highest BCUT2D eigenvalue weighted by Crippen LogP contribution is 2.32. The summed E-state index contributed by atoms with van der Waals surface area (Å²) in [5.41, 5.74) is 22.0. The van der Waals surface area contributed by atoms with E-state index >= 15 is 0 Å². The molecule has 0 spiro atoms. The first-order valence-electron chi connectivity index (χ1n) is 30.6. The second kappa shape index (κ2) is 39.4. The van der Waals surface area contributed by atoms with Crippen LogP contribution in [0.5, 0.6) is 51.7 Å². The SMILES string of the molecule is C#CC(C)(C)N.C=C(C)C.CC(C)(C)Oc1cc(I)ccc1O.CC(C)(C)Oc1ccccc1O.Cc1ccc(C#CC(C)(C)N)cc1OC(C)(C)C.Cc1ccc(CCC(C)(C)N)cc1OC(C)(C)C.Cc1ccc(I)cc1OC(C)(C)C.Oc1ccccc1O. The van der Waals surface area contributed by atoms with Crippen LogP contribution >= 0.6 is 45.2 Å². The van der Waals surface area contributed by atoms with Gasteiger partial charge in [-0.3, -0.25) is 0 Å². The number of halogens is 2. The molecule has 0 unspecified atom stereocenters. The Hall–Kier alpha value is -6.28. The van der Waals surface area contributed by atoms with E-state index in [0.717, 1.165) is 44.8 Å². The van der Waals surface area contributed by atoms with Crippen molar-refractivity contribution < 1.29 is 44.1 Å². The minimum Gasteiger partial charge on any atom is -0.504 e. The summed E-state index contributed by atoms with van der Waals surface area (Å²) in [6.07, 6.45) is 6.90. The Morgan fingerprint density at radius 3 is 1.12 bits per heavy atom. The lowest BCUT2D eigenvalue weighted by molar-refractivity contribution is 0.125. The molecular formula is C78H115I2N3O9. The first-order valence-corrected chi connectivity index (χ1v) is 32.8. The molecule has 0 fully saturated rings. The van der Waals surface area contributed by atoms with Crippen molar-refractivity contribution in [2.45, 2.75) is 237 Å². The largest absolute Gasteiger partial charge is 0.504 e. The van der Waals surface area contributed by atoms with E-state index in [9.17, 15) is 10.2 Å². The van der Waals surface area contributed by atoms with E-state index in [1.807, 2.05) is 133 Å². The average molecular weight is 1490 g/mol. The quantitative estimate of drug-likeness (QED) is 0.0329. The van der Waals surface area contributed by atoms with E-state index < -0.39 is 11.1 Å². The van der Waals surface area contributed by atoms with Gasteiger partial charge in [0.2, 0.25) is 0 Å². The molecule has 6 aromatic carbocycles. The van der Waals surface area contributed by atoms with Crippen LogP contribution in [0.25, 0.3) is 0 Å². The number of allylic oxidation sites excluding steroid dienone is 1. The highest BCUT2D eigenvalue weighted by molar-refractivity contribution is 14.1. The van der Waals surface area contributed by atoms with Crippen molar-refractivity contribution >= 4 is 45.2 Å². The molecule has 0 saturated heterocycles. The Labute approximate surface area is 584 Å². The Morgan fingerprint density at radius 2 is 0.750 bits per heavy atom. The van der Waals surface area contributed by atoms with Gasteiger partial charge in [-0.05, 0) is 333 Å². The van der Waals surface area contributed by atoms with Crippen molar-refractivity contribution in [1.29, 1.82) is 0 Å². The van der Waals surface area contributed by atoms with Crippen LogP contribution in [0.15, 0.2) is 133 Å². The van der Waals surface area contributed by atoms with E-state index in [0.29, 0.717) is 11.5 Å². The Bertz CT molecular complexity index is 3170. The molecule has 0 saturated carbocycles. The molecule has 0 aliphatic heterocycles. The number of rotatable bonds is 8. The normalized spacial score (nSPS) is 11.2. The number of nitrogens with two attached hydrogens (primary N) is 3. The molecule has 14 heteroatoms. The highest BCUT2D eigenvalue weighted by atomic mass is 127. The Balaban J connectivity index is 0. The van der Waals surface area contributed by atoms with Crippen LogP contribution in [0.4, 0.5) is 0 Å². The third-order valence-electron chi connectivity index (χ3n) is 10.3. The molecule has 0 aromatic heterocycles.